The van der Waals surface area contributed by atoms with Gasteiger partial charge in [0.2, 0.25) is 11.8 Å². The zero-order chi connectivity index (χ0) is 19.3. The average molecular weight is 392 g/mol. The number of hydrogen-bond acceptors (Lipinski definition) is 7. The van der Waals surface area contributed by atoms with E-state index in [-0.39, 0.29) is 12.3 Å². The monoisotopic (exact) mass is 392 g/mol. The Morgan fingerprint density at radius 1 is 1.25 bits per heavy atom. The molecule has 3 heterocycles. The summed E-state index contributed by atoms with van der Waals surface area (Å²) >= 11 is 1.44. The van der Waals surface area contributed by atoms with E-state index in [1.165, 1.54) is 11.3 Å². The summed E-state index contributed by atoms with van der Waals surface area (Å²) in [6.45, 7) is 1.90. The minimum absolute atomic E-state index is 0.146. The molecule has 0 radical (unpaired) electrons. The third kappa shape index (κ3) is 4.38. The number of nitrogens with zero attached hydrogens (tertiary/aromatic N) is 4. The highest BCUT2D eigenvalue weighted by Gasteiger charge is 2.10. The Bertz CT molecular complexity index is 1080. The number of rotatable bonds is 6. The van der Waals surface area contributed by atoms with Gasteiger partial charge in [-0.25, -0.2) is 4.98 Å². The van der Waals surface area contributed by atoms with Crippen molar-refractivity contribution in [3.8, 4) is 22.3 Å². The van der Waals surface area contributed by atoms with Crippen molar-refractivity contribution in [2.45, 2.75) is 13.3 Å². The van der Waals surface area contributed by atoms with E-state index in [1.54, 1.807) is 48.9 Å². The topological polar surface area (TPSA) is 106 Å². The molecule has 8 nitrogen and oxygen atoms in total. The van der Waals surface area contributed by atoms with Gasteiger partial charge in [-0.1, -0.05) is 0 Å². The second-order valence-electron chi connectivity index (χ2n) is 5.98. The van der Waals surface area contributed by atoms with Gasteiger partial charge in [0.25, 0.3) is 0 Å². The number of aromatic nitrogens is 5. The predicted molar refractivity (Wildman–Crippen MR) is 105 cm³/mol. The van der Waals surface area contributed by atoms with Gasteiger partial charge in [0.15, 0.2) is 0 Å². The number of aryl methyl sites for hydroxylation is 1. The van der Waals surface area contributed by atoms with Gasteiger partial charge in [-0.2, -0.15) is 0 Å². The molecule has 0 fully saturated rings. The molecule has 0 bridgehead atoms. The van der Waals surface area contributed by atoms with Crippen molar-refractivity contribution >= 4 is 22.9 Å². The number of anilines is 1. The highest BCUT2D eigenvalue weighted by molar-refractivity contribution is 7.13. The van der Waals surface area contributed by atoms with Crippen LogP contribution in [0.5, 0.6) is 11.6 Å². The van der Waals surface area contributed by atoms with Gasteiger partial charge in [0.1, 0.15) is 16.5 Å². The molecule has 140 valence electrons. The molecule has 0 spiro atoms. The largest absolute Gasteiger partial charge is 0.438 e. The Morgan fingerprint density at radius 2 is 2.11 bits per heavy atom. The minimum Gasteiger partial charge on any atom is -0.438 e. The van der Waals surface area contributed by atoms with Crippen LogP contribution in [0, 0.1) is 6.92 Å². The number of aromatic amines is 1. The molecule has 0 aliphatic carbocycles. The first kappa shape index (κ1) is 17.8. The first-order valence-corrected chi connectivity index (χ1v) is 9.34. The molecule has 1 aromatic carbocycles. The van der Waals surface area contributed by atoms with Crippen LogP contribution >= 0.6 is 11.3 Å². The van der Waals surface area contributed by atoms with E-state index in [2.05, 4.69) is 30.5 Å². The molecular formula is C19H16N6O2S. The molecule has 0 aliphatic rings. The third-order valence-corrected chi connectivity index (χ3v) is 4.63. The van der Waals surface area contributed by atoms with Crippen LogP contribution in [-0.2, 0) is 11.2 Å². The summed E-state index contributed by atoms with van der Waals surface area (Å²) < 4.78 is 5.62. The lowest BCUT2D eigenvalue weighted by molar-refractivity contribution is -0.115. The molecule has 0 aliphatic heterocycles. The van der Waals surface area contributed by atoms with Gasteiger partial charge in [-0.05, 0) is 31.2 Å². The van der Waals surface area contributed by atoms with Crippen LogP contribution in [0.4, 0.5) is 5.69 Å². The molecule has 1 amide bonds. The van der Waals surface area contributed by atoms with Crippen LogP contribution in [0.15, 0.2) is 54.3 Å². The molecule has 0 atom stereocenters. The maximum atomic E-state index is 12.3. The zero-order valence-corrected chi connectivity index (χ0v) is 15.7. The summed E-state index contributed by atoms with van der Waals surface area (Å²) in [5.74, 6) is 0.988. The number of amides is 1. The number of carbonyl (C=O) groups is 1. The summed E-state index contributed by atoms with van der Waals surface area (Å²) in [5.41, 5.74) is 2.99. The molecule has 2 N–H and O–H groups in total. The van der Waals surface area contributed by atoms with Crippen molar-refractivity contribution < 1.29 is 9.53 Å². The summed E-state index contributed by atoms with van der Waals surface area (Å²) in [6, 6.07) is 8.90. The molecule has 3 aromatic heterocycles. The minimum atomic E-state index is -0.146. The second kappa shape index (κ2) is 7.97. The lowest BCUT2D eigenvalue weighted by Crippen LogP contribution is -2.14. The Balaban J connectivity index is 1.34. The van der Waals surface area contributed by atoms with Crippen LogP contribution in [0.25, 0.3) is 10.7 Å². The van der Waals surface area contributed by atoms with Gasteiger partial charge in [0.05, 0.1) is 18.3 Å². The van der Waals surface area contributed by atoms with Crippen LogP contribution in [-0.4, -0.2) is 31.1 Å². The quantitative estimate of drug-likeness (QED) is 0.519. The molecule has 4 rings (SSSR count). The fraction of sp³-hybridized carbons (Fsp3) is 0.105. The van der Waals surface area contributed by atoms with Gasteiger partial charge >= 0.3 is 0 Å². The molecule has 9 heteroatoms. The summed E-state index contributed by atoms with van der Waals surface area (Å²) in [5, 5.41) is 12.3. The maximum absolute atomic E-state index is 12.3. The highest BCUT2D eigenvalue weighted by Crippen LogP contribution is 2.23. The third-order valence-electron chi connectivity index (χ3n) is 3.72. The van der Waals surface area contributed by atoms with Crippen LogP contribution in [0.2, 0.25) is 0 Å². The molecular weight excluding hydrogens is 376 g/mol. The number of benzene rings is 1. The van der Waals surface area contributed by atoms with Gasteiger partial charge < -0.3 is 10.1 Å². The number of hydrogen-bond donors (Lipinski definition) is 2. The van der Waals surface area contributed by atoms with Crippen molar-refractivity contribution in [2.75, 3.05) is 5.32 Å². The normalized spacial score (nSPS) is 10.6. The van der Waals surface area contributed by atoms with E-state index in [0.29, 0.717) is 28.7 Å². The summed E-state index contributed by atoms with van der Waals surface area (Å²) in [4.78, 5) is 25.0. The highest BCUT2D eigenvalue weighted by atomic mass is 32.1. The van der Waals surface area contributed by atoms with E-state index in [4.69, 9.17) is 4.74 Å². The maximum Gasteiger partial charge on any atom is 0.238 e. The van der Waals surface area contributed by atoms with Crippen LogP contribution < -0.4 is 10.1 Å². The van der Waals surface area contributed by atoms with Crippen molar-refractivity contribution in [1.29, 1.82) is 0 Å². The molecule has 4 aromatic rings. The zero-order valence-electron chi connectivity index (χ0n) is 14.9. The number of nitrogens with one attached hydrogen (secondary N) is 2. The first-order valence-electron chi connectivity index (χ1n) is 8.46. The smallest absolute Gasteiger partial charge is 0.238 e. The van der Waals surface area contributed by atoms with Gasteiger partial charge in [-0.3, -0.25) is 19.9 Å². The summed E-state index contributed by atoms with van der Waals surface area (Å²) in [6.07, 6.45) is 5.06. The second-order valence-corrected chi connectivity index (χ2v) is 6.83. The van der Waals surface area contributed by atoms with Crippen molar-refractivity contribution in [2.24, 2.45) is 0 Å². The Labute approximate surface area is 164 Å². The number of carbonyl (C=O) groups excluding carboxylic acids is 1. The first-order chi connectivity index (χ1) is 13.7. The van der Waals surface area contributed by atoms with E-state index < -0.39 is 0 Å². The summed E-state index contributed by atoms with van der Waals surface area (Å²) in [7, 11) is 0. The van der Waals surface area contributed by atoms with E-state index in [0.717, 1.165) is 10.7 Å². The molecule has 28 heavy (non-hydrogen) atoms. The Morgan fingerprint density at radius 3 is 2.82 bits per heavy atom. The molecule has 0 saturated heterocycles. The van der Waals surface area contributed by atoms with Gasteiger partial charge in [0, 0.05) is 35.2 Å². The number of ether oxygens (including phenoxy) is 1. The SMILES string of the molecule is Cc1cc(Oc2ccc(NC(=O)Cc3csc(-c4cnccn4)n3)cc2)n[nH]1. The van der Waals surface area contributed by atoms with E-state index >= 15 is 0 Å². The Kier molecular flexibility index (Phi) is 5.07. The standard InChI is InChI=1S/C19H16N6O2S/c1-12-8-18(25-24-12)27-15-4-2-13(3-5-15)22-17(26)9-14-11-28-19(23-14)16-10-20-6-7-21-16/h2-8,10-11H,9H2,1H3,(H,22,26)(H,24,25). The lowest BCUT2D eigenvalue weighted by atomic mass is 10.2. The van der Waals surface area contributed by atoms with E-state index in [9.17, 15) is 4.79 Å². The molecule has 0 unspecified atom stereocenters. The van der Waals surface area contributed by atoms with Crippen molar-refractivity contribution in [1.82, 2.24) is 25.1 Å². The van der Waals surface area contributed by atoms with Crippen LogP contribution in [0.3, 0.4) is 0 Å². The lowest BCUT2D eigenvalue weighted by Gasteiger charge is -2.06. The number of H-pyrrole nitrogens is 1. The Hall–Kier alpha value is -3.59. The van der Waals surface area contributed by atoms with Crippen molar-refractivity contribution in [3.05, 3.63) is 65.7 Å². The fourth-order valence-corrected chi connectivity index (χ4v) is 3.24. The average Bonchev–Trinajstić information content (AvgIpc) is 3.33. The van der Waals surface area contributed by atoms with Crippen LogP contribution in [0.1, 0.15) is 11.4 Å². The van der Waals surface area contributed by atoms with Crippen molar-refractivity contribution in [3.63, 3.8) is 0 Å². The molecule has 0 saturated carbocycles. The van der Waals surface area contributed by atoms with Gasteiger partial charge in [-0.15, -0.1) is 16.4 Å². The number of thiazole rings is 1. The van der Waals surface area contributed by atoms with E-state index in [1.807, 2.05) is 12.3 Å². The fourth-order valence-electron chi connectivity index (χ4n) is 2.46. The predicted octanol–water partition coefficient (Wildman–Crippen LogP) is 3.61.